The maximum Gasteiger partial charge on any atom is 0.242 e. The van der Waals surface area contributed by atoms with E-state index < -0.39 is 35.0 Å². The number of rotatable bonds is 8. The largest absolute Gasteiger partial charge is 0.502 e. The Morgan fingerprint density at radius 1 is 0.905 bits per heavy atom. The predicted octanol–water partition coefficient (Wildman–Crippen LogP) is 7.80. The molecule has 2 aliphatic carbocycles. The smallest absolute Gasteiger partial charge is 0.242 e. The van der Waals surface area contributed by atoms with Crippen LogP contribution >= 0.6 is 22.9 Å². The Balaban J connectivity index is 1.04. The van der Waals surface area contributed by atoms with Gasteiger partial charge in [-0.25, -0.2) is 4.90 Å². The van der Waals surface area contributed by atoms with Crippen LogP contribution in [0, 0.1) is 41.9 Å². The van der Waals surface area contributed by atoms with Crippen molar-refractivity contribution in [2.24, 2.45) is 42.1 Å². The lowest BCUT2D eigenvalue weighted by molar-refractivity contribution is -0.132. The minimum Gasteiger partial charge on any atom is -0.502 e. The van der Waals surface area contributed by atoms with Crippen molar-refractivity contribution in [2.75, 3.05) is 55.2 Å². The molecule has 4 fully saturated rings. The second-order valence-electron chi connectivity index (χ2n) is 17.2. The third kappa shape index (κ3) is 6.31. The fourth-order valence-corrected chi connectivity index (χ4v) is 12.1. The molecule has 4 amide bonds. The van der Waals surface area contributed by atoms with E-state index >= 15 is 9.59 Å². The van der Waals surface area contributed by atoms with Gasteiger partial charge in [-0.2, -0.15) is 5.10 Å². The highest BCUT2D eigenvalue weighted by molar-refractivity contribution is 7.22. The van der Waals surface area contributed by atoms with Crippen molar-refractivity contribution in [1.82, 2.24) is 9.78 Å². The Kier molecular flexibility index (Phi) is 10.0. The number of allylic oxidation sites excluding steroid dienone is 3. The van der Waals surface area contributed by atoms with E-state index in [1.165, 1.54) is 24.0 Å². The summed E-state index contributed by atoms with van der Waals surface area (Å²) in [6.07, 6.45) is 6.28. The molecule has 0 spiro atoms. The van der Waals surface area contributed by atoms with E-state index in [0.717, 1.165) is 44.9 Å². The Bertz CT molecular complexity index is 2780. The molecule has 6 unspecified atom stereocenters. The Morgan fingerprint density at radius 2 is 1.60 bits per heavy atom. The summed E-state index contributed by atoms with van der Waals surface area (Å²) in [4.78, 5) is 65.1. The van der Waals surface area contributed by atoms with Gasteiger partial charge in [-0.15, -0.1) is 11.3 Å². The Labute approximate surface area is 373 Å². The molecule has 0 radical (unpaired) electrons. The average Bonchev–Trinajstić information content (AvgIpc) is 3.96. The number of aromatic nitrogens is 2. The number of ether oxygens (including phenoxy) is 3. The van der Waals surface area contributed by atoms with E-state index in [2.05, 4.69) is 4.90 Å². The first-order valence-corrected chi connectivity index (χ1v) is 22.3. The lowest BCUT2D eigenvalue weighted by Gasteiger charge is -2.47. The van der Waals surface area contributed by atoms with Crippen LogP contribution in [0.3, 0.4) is 0 Å². The standard InChI is InChI=1S/C48H46ClN5O8S/c1-25-32-22-27(49)7-15-39(32)63-43(25)36-24-40(51(3)50-36)54-45(57)35-23-33-30(34(48(35,2)47(54)59)14-6-26-20-37(60-4)42(55)38(21-26)61-5)12-13-31-41(33)46(58)53(44(31)56)29-10-8-28(9-11-29)52-16-18-62-19-17-52/h6-12,14-15,20-22,24,31,33-35,41,55H,13,16-19,23H2,1-5H3. The summed E-state index contributed by atoms with van der Waals surface area (Å²) in [7, 11) is 4.62. The highest BCUT2D eigenvalue weighted by Crippen LogP contribution is 2.61. The number of hydrogen-bond donors (Lipinski definition) is 1. The van der Waals surface area contributed by atoms with Gasteiger partial charge in [0.1, 0.15) is 11.5 Å². The monoisotopic (exact) mass is 887 g/mol. The van der Waals surface area contributed by atoms with Crippen LogP contribution in [-0.2, 0) is 31.0 Å². The SMILES string of the molecule is COc1cc(C=CC2C3=CCC4C(=O)N(c5ccc(N6CCOCC6)cc5)C(=O)C4C3CC3C(=O)N(c4cc(-c5sc6ccc(Cl)cc6c5C)nn4C)C(=O)C23C)cc(OC)c1O. The minimum atomic E-state index is -1.27. The second kappa shape index (κ2) is 15.4. The number of morpholine rings is 1. The molecule has 5 heterocycles. The summed E-state index contributed by atoms with van der Waals surface area (Å²) in [5, 5.41) is 17.1. The van der Waals surface area contributed by atoms with Gasteiger partial charge < -0.3 is 24.2 Å². The number of thiophene rings is 1. The molecule has 5 aromatic rings. The number of aryl methyl sites for hydroxylation is 2. The molecule has 5 aliphatic rings. The Morgan fingerprint density at radius 3 is 2.30 bits per heavy atom. The number of carbonyl (C=O) groups is 4. The van der Waals surface area contributed by atoms with Crippen LogP contribution in [0.5, 0.6) is 17.2 Å². The van der Waals surface area contributed by atoms with Gasteiger partial charge >= 0.3 is 0 Å². The number of carbonyl (C=O) groups excluding carboxylic acids is 4. The summed E-state index contributed by atoms with van der Waals surface area (Å²) in [6.45, 7) is 6.64. The van der Waals surface area contributed by atoms with Crippen LogP contribution in [0.4, 0.5) is 17.2 Å². The molecule has 2 aromatic heterocycles. The summed E-state index contributed by atoms with van der Waals surface area (Å²) in [5.74, 6) is -4.05. The van der Waals surface area contributed by atoms with Crippen molar-refractivity contribution >= 4 is 79.9 Å². The number of imide groups is 2. The van der Waals surface area contributed by atoms with Crippen LogP contribution < -0.4 is 24.2 Å². The lowest BCUT2D eigenvalue weighted by Crippen LogP contribution is -2.49. The molecule has 3 aromatic carbocycles. The quantitative estimate of drug-likeness (QED) is 0.121. The van der Waals surface area contributed by atoms with Crippen molar-refractivity contribution in [2.45, 2.75) is 26.7 Å². The molecule has 10 rings (SSSR count). The number of methoxy groups -OCH3 is 2. The number of halogens is 1. The first-order valence-electron chi connectivity index (χ1n) is 21.1. The van der Waals surface area contributed by atoms with Gasteiger partial charge in [-0.05, 0) is 104 Å². The summed E-state index contributed by atoms with van der Waals surface area (Å²) in [5.41, 5.74) is 3.33. The van der Waals surface area contributed by atoms with E-state index in [0.29, 0.717) is 47.4 Å². The molecular formula is C48H46ClN5O8S. The number of nitrogens with zero attached hydrogens (tertiary/aromatic N) is 5. The molecule has 1 N–H and O–H groups in total. The van der Waals surface area contributed by atoms with Crippen LogP contribution in [0.1, 0.15) is 30.9 Å². The van der Waals surface area contributed by atoms with Crippen LogP contribution in [0.25, 0.3) is 26.7 Å². The normalized spacial score (nSPS) is 25.8. The first kappa shape index (κ1) is 41.1. The maximum atomic E-state index is 15.3. The minimum absolute atomic E-state index is 0.148. The molecule has 324 valence electrons. The molecule has 15 heteroatoms. The topological polar surface area (TPSA) is 144 Å². The number of anilines is 3. The lowest BCUT2D eigenvalue weighted by atomic mass is 9.52. The van der Waals surface area contributed by atoms with Crippen molar-refractivity contribution in [3.63, 3.8) is 0 Å². The van der Waals surface area contributed by atoms with Crippen LogP contribution in [0.15, 0.2) is 78.4 Å². The van der Waals surface area contributed by atoms with E-state index in [9.17, 15) is 14.7 Å². The van der Waals surface area contributed by atoms with Gasteiger partial charge in [0.25, 0.3) is 0 Å². The van der Waals surface area contributed by atoms with Crippen molar-refractivity contribution in [3.05, 3.63) is 94.5 Å². The predicted molar refractivity (Wildman–Crippen MR) is 241 cm³/mol. The number of phenolic OH excluding ortho intramolecular Hbond substituents is 1. The summed E-state index contributed by atoms with van der Waals surface area (Å²) >= 11 is 7.92. The van der Waals surface area contributed by atoms with E-state index in [4.69, 9.17) is 30.9 Å². The summed E-state index contributed by atoms with van der Waals surface area (Å²) < 4.78 is 19.0. The van der Waals surface area contributed by atoms with Gasteiger partial charge in [-0.1, -0.05) is 35.4 Å². The third-order valence-corrected chi connectivity index (χ3v) is 15.6. The van der Waals surface area contributed by atoms with Crippen molar-refractivity contribution in [1.29, 1.82) is 0 Å². The zero-order valence-electron chi connectivity index (χ0n) is 35.5. The number of phenols is 1. The molecule has 3 saturated heterocycles. The zero-order valence-corrected chi connectivity index (χ0v) is 37.0. The maximum absolute atomic E-state index is 15.3. The highest BCUT2D eigenvalue weighted by Gasteiger charge is 2.67. The van der Waals surface area contributed by atoms with Gasteiger partial charge in [0.15, 0.2) is 11.5 Å². The first-order chi connectivity index (χ1) is 30.3. The molecule has 63 heavy (non-hydrogen) atoms. The fraction of sp³-hybridized carbons (Fsp3) is 0.354. The van der Waals surface area contributed by atoms with Gasteiger partial charge in [-0.3, -0.25) is 28.8 Å². The van der Waals surface area contributed by atoms with Crippen molar-refractivity contribution < 1.29 is 38.5 Å². The second-order valence-corrected chi connectivity index (χ2v) is 18.7. The zero-order chi connectivity index (χ0) is 44.1. The summed E-state index contributed by atoms with van der Waals surface area (Å²) in [6, 6.07) is 18.4. The molecule has 0 bridgehead atoms. The van der Waals surface area contributed by atoms with E-state index in [1.807, 2.05) is 74.5 Å². The number of amides is 4. The molecular weight excluding hydrogens is 842 g/mol. The van der Waals surface area contributed by atoms with Gasteiger partial charge in [0.05, 0.1) is 61.2 Å². The Hall–Kier alpha value is -5.96. The number of hydrogen-bond acceptors (Lipinski definition) is 11. The number of benzene rings is 3. The highest BCUT2D eigenvalue weighted by atomic mass is 35.5. The van der Waals surface area contributed by atoms with E-state index in [-0.39, 0.29) is 47.3 Å². The number of aromatic hydroxyl groups is 1. The van der Waals surface area contributed by atoms with E-state index in [1.54, 1.807) is 41.3 Å². The van der Waals surface area contributed by atoms with Crippen LogP contribution in [-0.4, -0.2) is 79.0 Å². The molecule has 13 nitrogen and oxygen atoms in total. The average molecular weight is 888 g/mol. The van der Waals surface area contributed by atoms with Gasteiger partial charge in [0, 0.05) is 47.5 Å². The molecule has 3 aliphatic heterocycles. The molecule has 6 atom stereocenters. The van der Waals surface area contributed by atoms with Crippen LogP contribution in [0.2, 0.25) is 5.02 Å². The van der Waals surface area contributed by atoms with Crippen molar-refractivity contribution in [3.8, 4) is 27.8 Å². The van der Waals surface area contributed by atoms with Gasteiger partial charge in [0.2, 0.25) is 29.4 Å². The molecule has 1 saturated carbocycles. The fourth-order valence-electron chi connectivity index (χ4n) is 10.8. The number of fused-ring (bicyclic) bond motifs is 5. The third-order valence-electron chi connectivity index (χ3n) is 14.0.